The summed E-state index contributed by atoms with van der Waals surface area (Å²) < 4.78 is 13.8. The van der Waals surface area contributed by atoms with E-state index < -0.39 is 11.7 Å². The van der Waals surface area contributed by atoms with E-state index in [1.54, 1.807) is 18.0 Å². The van der Waals surface area contributed by atoms with Crippen LogP contribution in [0.2, 0.25) is 0 Å². The third kappa shape index (κ3) is 4.55. The third-order valence-electron chi connectivity index (χ3n) is 4.36. The highest BCUT2D eigenvalue weighted by Crippen LogP contribution is 2.19. The van der Waals surface area contributed by atoms with Crippen LogP contribution in [0.1, 0.15) is 35.7 Å². The normalized spacial score (nSPS) is 14.9. The van der Waals surface area contributed by atoms with Gasteiger partial charge in [0.25, 0.3) is 5.91 Å². The highest BCUT2D eigenvalue weighted by Gasteiger charge is 2.26. The Morgan fingerprint density at radius 3 is 2.52 bits per heavy atom. The van der Waals surface area contributed by atoms with Gasteiger partial charge in [0, 0.05) is 32.7 Å². The average molecular weight is 349 g/mol. The first-order valence-corrected chi connectivity index (χ1v) is 8.26. The van der Waals surface area contributed by atoms with Gasteiger partial charge in [0.1, 0.15) is 5.82 Å². The summed E-state index contributed by atoms with van der Waals surface area (Å²) in [4.78, 5) is 40.8. The van der Waals surface area contributed by atoms with Gasteiger partial charge in [-0.2, -0.15) is 0 Å². The van der Waals surface area contributed by atoms with Crippen molar-refractivity contribution in [2.45, 2.75) is 19.8 Å². The van der Waals surface area contributed by atoms with E-state index >= 15 is 0 Å². The summed E-state index contributed by atoms with van der Waals surface area (Å²) in [5.41, 5.74) is 0.946. The molecule has 0 atom stereocenters. The molecule has 0 saturated carbocycles. The van der Waals surface area contributed by atoms with Gasteiger partial charge in [-0.05, 0) is 29.7 Å². The second-order valence-electron chi connectivity index (χ2n) is 6.72. The number of carbonyl (C=O) groups is 3. The van der Waals surface area contributed by atoms with E-state index in [0.717, 1.165) is 5.56 Å². The molecular weight excluding hydrogens is 325 g/mol. The second kappa shape index (κ2) is 7.63. The molecule has 1 aromatic carbocycles. The monoisotopic (exact) mass is 349 g/mol. The molecule has 25 heavy (non-hydrogen) atoms. The van der Waals surface area contributed by atoms with Crippen LogP contribution in [-0.4, -0.2) is 72.7 Å². The molecule has 1 saturated heterocycles. The van der Waals surface area contributed by atoms with E-state index in [-0.39, 0.29) is 36.4 Å². The Hall–Kier alpha value is -2.44. The van der Waals surface area contributed by atoms with Gasteiger partial charge < -0.3 is 14.7 Å². The Balaban J connectivity index is 2.05. The summed E-state index contributed by atoms with van der Waals surface area (Å²) in [6.07, 6.45) is 0. The van der Waals surface area contributed by atoms with Crippen molar-refractivity contribution in [3.05, 3.63) is 35.1 Å². The van der Waals surface area contributed by atoms with Crippen LogP contribution in [0, 0.1) is 5.82 Å². The van der Waals surface area contributed by atoms with Crippen molar-refractivity contribution < 1.29 is 18.8 Å². The van der Waals surface area contributed by atoms with E-state index in [0.29, 0.717) is 13.1 Å². The van der Waals surface area contributed by atoms with Crippen molar-refractivity contribution in [1.29, 1.82) is 0 Å². The minimum Gasteiger partial charge on any atom is -0.342 e. The van der Waals surface area contributed by atoms with Crippen molar-refractivity contribution in [1.82, 2.24) is 14.7 Å². The summed E-state index contributed by atoms with van der Waals surface area (Å²) in [6.45, 7) is 4.63. The number of hydrogen-bond donors (Lipinski definition) is 0. The van der Waals surface area contributed by atoms with Gasteiger partial charge in [-0.1, -0.05) is 13.8 Å². The standard InChI is InChI=1S/C18H24FN3O3/c1-12(2)13-7-14(9-15(19)8-13)18(25)21(4)10-17(24)22-6-5-20(3)16(23)11-22/h7-9,12H,5-6,10-11H2,1-4H3. The van der Waals surface area contributed by atoms with Crippen molar-refractivity contribution in [3.63, 3.8) is 0 Å². The Morgan fingerprint density at radius 1 is 1.24 bits per heavy atom. The average Bonchev–Trinajstić information content (AvgIpc) is 2.55. The van der Waals surface area contributed by atoms with Gasteiger partial charge in [-0.3, -0.25) is 14.4 Å². The SMILES string of the molecule is CC(C)c1cc(F)cc(C(=O)N(C)CC(=O)N2CCN(C)C(=O)C2)c1. The summed E-state index contributed by atoms with van der Waals surface area (Å²) in [7, 11) is 3.19. The molecule has 7 heteroatoms. The highest BCUT2D eigenvalue weighted by atomic mass is 19.1. The minimum atomic E-state index is -0.473. The number of rotatable bonds is 4. The van der Waals surface area contributed by atoms with E-state index in [1.807, 2.05) is 13.8 Å². The van der Waals surface area contributed by atoms with Gasteiger partial charge in [-0.15, -0.1) is 0 Å². The number of amides is 3. The molecule has 3 amide bonds. The molecule has 0 aliphatic carbocycles. The molecule has 1 fully saturated rings. The van der Waals surface area contributed by atoms with Crippen LogP contribution in [0.15, 0.2) is 18.2 Å². The maximum Gasteiger partial charge on any atom is 0.254 e. The molecule has 0 radical (unpaired) electrons. The van der Waals surface area contributed by atoms with E-state index in [2.05, 4.69) is 0 Å². The van der Waals surface area contributed by atoms with Crippen LogP contribution in [0.25, 0.3) is 0 Å². The highest BCUT2D eigenvalue weighted by molar-refractivity contribution is 5.97. The smallest absolute Gasteiger partial charge is 0.254 e. The molecule has 1 aliphatic heterocycles. The fraction of sp³-hybridized carbons (Fsp3) is 0.500. The van der Waals surface area contributed by atoms with Crippen molar-refractivity contribution in [2.75, 3.05) is 40.3 Å². The van der Waals surface area contributed by atoms with Crippen molar-refractivity contribution >= 4 is 17.7 Å². The van der Waals surface area contributed by atoms with Crippen LogP contribution in [0.3, 0.4) is 0 Å². The molecule has 2 rings (SSSR count). The van der Waals surface area contributed by atoms with Crippen LogP contribution in [0.5, 0.6) is 0 Å². The van der Waals surface area contributed by atoms with Crippen molar-refractivity contribution in [3.8, 4) is 0 Å². The maximum absolute atomic E-state index is 13.8. The lowest BCUT2D eigenvalue weighted by Crippen LogP contribution is -2.53. The number of halogens is 1. The third-order valence-corrected chi connectivity index (χ3v) is 4.36. The quantitative estimate of drug-likeness (QED) is 0.824. The molecular formula is C18H24FN3O3. The topological polar surface area (TPSA) is 60.9 Å². The van der Waals surface area contributed by atoms with E-state index in [9.17, 15) is 18.8 Å². The molecule has 0 N–H and O–H groups in total. The number of nitrogens with zero attached hydrogens (tertiary/aromatic N) is 3. The van der Waals surface area contributed by atoms with E-state index in [1.165, 1.54) is 29.0 Å². The molecule has 0 unspecified atom stereocenters. The Labute approximate surface area is 147 Å². The van der Waals surface area contributed by atoms with Crippen LogP contribution in [-0.2, 0) is 9.59 Å². The second-order valence-corrected chi connectivity index (χ2v) is 6.72. The summed E-state index contributed by atoms with van der Waals surface area (Å²) in [6, 6.07) is 4.23. The Bertz CT molecular complexity index is 690. The lowest BCUT2D eigenvalue weighted by atomic mass is 10.00. The summed E-state index contributed by atoms with van der Waals surface area (Å²) in [5, 5.41) is 0. The zero-order chi connectivity index (χ0) is 18.7. The molecule has 1 heterocycles. The van der Waals surface area contributed by atoms with Gasteiger partial charge in [0.15, 0.2) is 0 Å². The molecule has 0 spiro atoms. The fourth-order valence-corrected chi connectivity index (χ4v) is 2.64. The number of likely N-dealkylation sites (N-methyl/N-ethyl adjacent to an activating group) is 2. The fourth-order valence-electron chi connectivity index (χ4n) is 2.64. The molecule has 136 valence electrons. The lowest BCUT2D eigenvalue weighted by Gasteiger charge is -2.33. The Kier molecular flexibility index (Phi) is 5.77. The maximum atomic E-state index is 13.8. The van der Waals surface area contributed by atoms with Crippen LogP contribution >= 0.6 is 0 Å². The van der Waals surface area contributed by atoms with Gasteiger partial charge in [0.2, 0.25) is 11.8 Å². The van der Waals surface area contributed by atoms with E-state index in [4.69, 9.17) is 0 Å². The number of benzene rings is 1. The van der Waals surface area contributed by atoms with Gasteiger partial charge in [0.05, 0.1) is 13.1 Å². The largest absolute Gasteiger partial charge is 0.342 e. The molecule has 0 aromatic heterocycles. The molecule has 0 bridgehead atoms. The number of carbonyl (C=O) groups excluding carboxylic acids is 3. The minimum absolute atomic E-state index is 0.0226. The zero-order valence-corrected chi connectivity index (χ0v) is 15.1. The molecule has 6 nitrogen and oxygen atoms in total. The van der Waals surface area contributed by atoms with Gasteiger partial charge in [-0.25, -0.2) is 4.39 Å². The molecule has 1 aliphatic rings. The predicted octanol–water partition coefficient (Wildman–Crippen LogP) is 1.32. The zero-order valence-electron chi connectivity index (χ0n) is 15.1. The molecule has 1 aromatic rings. The van der Waals surface area contributed by atoms with Crippen molar-refractivity contribution in [2.24, 2.45) is 0 Å². The lowest BCUT2D eigenvalue weighted by molar-refractivity contribution is -0.144. The van der Waals surface area contributed by atoms with Crippen LogP contribution < -0.4 is 0 Å². The first-order valence-electron chi connectivity index (χ1n) is 8.26. The van der Waals surface area contributed by atoms with Gasteiger partial charge >= 0.3 is 0 Å². The first-order chi connectivity index (χ1) is 11.7. The summed E-state index contributed by atoms with van der Waals surface area (Å²) >= 11 is 0. The number of hydrogen-bond acceptors (Lipinski definition) is 3. The Morgan fingerprint density at radius 2 is 1.92 bits per heavy atom. The summed E-state index contributed by atoms with van der Waals surface area (Å²) in [5.74, 6) is -1.22. The first kappa shape index (κ1) is 18.9. The van der Waals surface area contributed by atoms with Crippen LogP contribution in [0.4, 0.5) is 4.39 Å². The number of piperazine rings is 1. The predicted molar refractivity (Wildman–Crippen MR) is 91.7 cm³/mol.